The zero-order valence-electron chi connectivity index (χ0n) is 33.9. The van der Waals surface area contributed by atoms with E-state index in [2.05, 4.69) is 230 Å². The number of aromatic nitrogens is 1. The largest absolute Gasteiger partial charge is 0.314 e. The first kappa shape index (κ1) is 34.8. The first-order valence-electron chi connectivity index (χ1n) is 21.3. The molecule has 1 aromatic heterocycles. The fraction of sp³-hybridized carbons (Fsp3) is 0.103. The number of anilines is 2. The molecular weight excluding hydrogens is 725 g/mol. The predicted octanol–water partition coefficient (Wildman–Crippen LogP) is 14.7. The van der Waals surface area contributed by atoms with Gasteiger partial charge < -0.3 is 9.47 Å². The molecular formula is C58H44N2. The quantitative estimate of drug-likeness (QED) is 0.164. The molecule has 9 aromatic rings. The summed E-state index contributed by atoms with van der Waals surface area (Å²) in [5, 5.41) is 2.56. The SMILES string of the molecule is CC1(C)c2ccccc2-c2ccc(N(C3=CC4=C(CC3)c3c(-n5c6ccccc6c6ccccc65)cccc3C4(c3ccccc3)c3ccccc3)c3ccccc3)cc21. The zero-order valence-corrected chi connectivity index (χ0v) is 33.9. The number of allylic oxidation sites excluding steroid dienone is 4. The summed E-state index contributed by atoms with van der Waals surface area (Å²) in [4.78, 5) is 2.54. The van der Waals surface area contributed by atoms with Crippen molar-refractivity contribution in [2.45, 2.75) is 37.5 Å². The van der Waals surface area contributed by atoms with Gasteiger partial charge in [-0.3, -0.25) is 0 Å². The maximum Gasteiger partial charge on any atom is 0.0711 e. The lowest BCUT2D eigenvalue weighted by Gasteiger charge is -2.37. The van der Waals surface area contributed by atoms with Crippen LogP contribution in [-0.4, -0.2) is 4.57 Å². The van der Waals surface area contributed by atoms with E-state index in [0.29, 0.717) is 0 Å². The Morgan fingerprint density at radius 1 is 0.467 bits per heavy atom. The Balaban J connectivity index is 1.14. The highest BCUT2D eigenvalue weighted by Crippen LogP contribution is 2.60. The van der Waals surface area contributed by atoms with Crippen molar-refractivity contribution in [2.75, 3.05) is 4.90 Å². The Morgan fingerprint density at radius 3 is 1.72 bits per heavy atom. The van der Waals surface area contributed by atoms with Crippen molar-refractivity contribution in [3.8, 4) is 16.8 Å². The third-order valence-electron chi connectivity index (χ3n) is 13.8. The van der Waals surface area contributed by atoms with Crippen molar-refractivity contribution in [1.82, 2.24) is 4.57 Å². The summed E-state index contributed by atoms with van der Waals surface area (Å²) >= 11 is 0. The highest BCUT2D eigenvalue weighted by atomic mass is 15.1. The Kier molecular flexibility index (Phi) is 7.65. The van der Waals surface area contributed by atoms with E-state index in [-0.39, 0.29) is 5.41 Å². The Hall–Kier alpha value is -7.16. The summed E-state index contributed by atoms with van der Waals surface area (Å²) in [5.74, 6) is 0. The van der Waals surface area contributed by atoms with Crippen molar-refractivity contribution < 1.29 is 0 Å². The molecule has 0 saturated heterocycles. The minimum absolute atomic E-state index is 0.104. The number of benzene rings is 8. The minimum atomic E-state index is -0.544. The molecule has 2 heteroatoms. The van der Waals surface area contributed by atoms with Crippen LogP contribution < -0.4 is 4.90 Å². The van der Waals surface area contributed by atoms with E-state index in [1.54, 1.807) is 0 Å². The average molecular weight is 769 g/mol. The first-order valence-corrected chi connectivity index (χ1v) is 21.3. The molecule has 0 bridgehead atoms. The van der Waals surface area contributed by atoms with Crippen LogP contribution in [0.2, 0.25) is 0 Å². The smallest absolute Gasteiger partial charge is 0.0711 e. The number of hydrogen-bond acceptors (Lipinski definition) is 1. The average Bonchev–Trinajstić information content (AvgIpc) is 3.89. The minimum Gasteiger partial charge on any atom is -0.314 e. The van der Waals surface area contributed by atoms with Crippen molar-refractivity contribution in [3.63, 3.8) is 0 Å². The molecule has 0 radical (unpaired) electrons. The second-order valence-electron chi connectivity index (χ2n) is 17.2. The summed E-state index contributed by atoms with van der Waals surface area (Å²) in [5.41, 5.74) is 20.2. The van der Waals surface area contributed by atoms with Gasteiger partial charge in [-0.05, 0) is 111 Å². The van der Waals surface area contributed by atoms with Crippen molar-refractivity contribution >= 4 is 38.8 Å². The van der Waals surface area contributed by atoms with Crippen LogP contribution in [0.25, 0.3) is 44.2 Å². The third kappa shape index (κ3) is 4.82. The second kappa shape index (κ2) is 13.2. The molecule has 1 heterocycles. The summed E-state index contributed by atoms with van der Waals surface area (Å²) in [6, 6.07) is 74.5. The predicted molar refractivity (Wildman–Crippen MR) is 250 cm³/mol. The van der Waals surface area contributed by atoms with Crippen LogP contribution in [0.15, 0.2) is 218 Å². The van der Waals surface area contributed by atoms with E-state index in [9.17, 15) is 0 Å². The molecule has 60 heavy (non-hydrogen) atoms. The van der Waals surface area contributed by atoms with Gasteiger partial charge in [-0.1, -0.05) is 172 Å². The van der Waals surface area contributed by atoms with Crippen LogP contribution in [0.1, 0.15) is 60.1 Å². The zero-order chi connectivity index (χ0) is 40.0. The normalized spacial score (nSPS) is 15.7. The summed E-state index contributed by atoms with van der Waals surface area (Å²) in [6.45, 7) is 4.76. The number of hydrogen-bond donors (Lipinski definition) is 0. The highest BCUT2D eigenvalue weighted by molar-refractivity contribution is 6.10. The molecule has 3 aliphatic carbocycles. The molecule has 0 amide bonds. The van der Waals surface area contributed by atoms with Gasteiger partial charge in [0.1, 0.15) is 0 Å². The molecule has 286 valence electrons. The van der Waals surface area contributed by atoms with Gasteiger partial charge in [0.05, 0.1) is 22.1 Å². The molecule has 8 aromatic carbocycles. The third-order valence-corrected chi connectivity index (χ3v) is 13.8. The van der Waals surface area contributed by atoms with Gasteiger partial charge >= 0.3 is 0 Å². The molecule has 12 rings (SSSR count). The van der Waals surface area contributed by atoms with Crippen LogP contribution in [0.5, 0.6) is 0 Å². The van der Waals surface area contributed by atoms with E-state index in [4.69, 9.17) is 0 Å². The van der Waals surface area contributed by atoms with Crippen molar-refractivity contribution in [1.29, 1.82) is 0 Å². The van der Waals surface area contributed by atoms with Gasteiger partial charge in [0.2, 0.25) is 0 Å². The maximum absolute atomic E-state index is 2.58. The van der Waals surface area contributed by atoms with Gasteiger partial charge in [0, 0.05) is 38.8 Å². The topological polar surface area (TPSA) is 8.17 Å². The molecule has 0 unspecified atom stereocenters. The van der Waals surface area contributed by atoms with Crippen LogP contribution >= 0.6 is 0 Å². The van der Waals surface area contributed by atoms with E-state index >= 15 is 0 Å². The molecule has 0 saturated carbocycles. The highest BCUT2D eigenvalue weighted by Gasteiger charge is 2.49. The molecule has 0 atom stereocenters. The van der Waals surface area contributed by atoms with E-state index in [0.717, 1.165) is 12.8 Å². The molecule has 0 spiro atoms. The monoisotopic (exact) mass is 768 g/mol. The van der Waals surface area contributed by atoms with Gasteiger partial charge in [0.15, 0.2) is 0 Å². The van der Waals surface area contributed by atoms with Crippen molar-refractivity contribution in [2.24, 2.45) is 0 Å². The number of para-hydroxylation sites is 3. The Morgan fingerprint density at radius 2 is 1.03 bits per heavy atom. The van der Waals surface area contributed by atoms with Gasteiger partial charge in [-0.2, -0.15) is 0 Å². The van der Waals surface area contributed by atoms with Crippen LogP contribution in [0.3, 0.4) is 0 Å². The molecule has 3 aliphatic rings. The van der Waals surface area contributed by atoms with Crippen LogP contribution in [0.4, 0.5) is 11.4 Å². The lowest BCUT2D eigenvalue weighted by molar-refractivity contribution is 0.660. The molecule has 2 nitrogen and oxygen atoms in total. The van der Waals surface area contributed by atoms with E-state index < -0.39 is 5.41 Å². The molecule has 0 aliphatic heterocycles. The maximum atomic E-state index is 2.58. The summed E-state index contributed by atoms with van der Waals surface area (Å²) in [7, 11) is 0. The number of nitrogens with zero attached hydrogens (tertiary/aromatic N) is 2. The van der Waals surface area contributed by atoms with E-state index in [1.807, 2.05) is 0 Å². The van der Waals surface area contributed by atoms with Gasteiger partial charge in [-0.25, -0.2) is 0 Å². The standard InChI is InChI=1S/C58H44N2/c1-57(2)49-28-15-12-25-44(49)45-35-33-42(37-51(45)57)59(41-23-10-5-11-24-41)43-34-36-48-52(38-43)58(39-19-6-3-7-20-39,40-21-8-4-9-22-40)50-29-18-32-55(56(48)50)60-53-30-16-13-26-46(53)47-27-14-17-31-54(47)60/h3-33,35,37-38H,34,36H2,1-2H3. The summed E-state index contributed by atoms with van der Waals surface area (Å²) in [6.07, 6.45) is 4.39. The second-order valence-corrected chi connectivity index (χ2v) is 17.2. The lowest BCUT2D eigenvalue weighted by atomic mass is 9.66. The van der Waals surface area contributed by atoms with Crippen molar-refractivity contribution in [3.05, 3.63) is 251 Å². The first-order chi connectivity index (χ1) is 29.5. The fourth-order valence-electron chi connectivity index (χ4n) is 11.2. The Bertz CT molecular complexity index is 3130. The molecule has 0 N–H and O–H groups in total. The Labute approximate surface area is 352 Å². The van der Waals surface area contributed by atoms with Gasteiger partial charge in [-0.15, -0.1) is 0 Å². The number of rotatable bonds is 6. The van der Waals surface area contributed by atoms with E-state index in [1.165, 1.54) is 100 Å². The van der Waals surface area contributed by atoms with Crippen LogP contribution in [0, 0.1) is 0 Å². The summed E-state index contributed by atoms with van der Waals surface area (Å²) < 4.78 is 2.53. The number of fused-ring (bicyclic) bond motifs is 8. The lowest BCUT2D eigenvalue weighted by Crippen LogP contribution is -2.30. The fourth-order valence-corrected chi connectivity index (χ4v) is 11.2. The van der Waals surface area contributed by atoms with Crippen LogP contribution in [-0.2, 0) is 10.8 Å². The van der Waals surface area contributed by atoms with Gasteiger partial charge in [0.25, 0.3) is 0 Å². The molecule has 0 fully saturated rings.